The van der Waals surface area contributed by atoms with Crippen LogP contribution in [0.3, 0.4) is 0 Å². The topological polar surface area (TPSA) is 122 Å². The highest BCUT2D eigenvalue weighted by atomic mass is 32.2. The van der Waals surface area contributed by atoms with Crippen LogP contribution in [0.5, 0.6) is 0 Å². The van der Waals surface area contributed by atoms with Gasteiger partial charge in [-0.2, -0.15) is 4.31 Å². The molecule has 1 unspecified atom stereocenters. The van der Waals surface area contributed by atoms with Crippen molar-refractivity contribution in [2.75, 3.05) is 19.7 Å². The Morgan fingerprint density at radius 2 is 1.58 bits per heavy atom. The smallest absolute Gasteiger partial charge is 0.329 e. The molecule has 0 aliphatic rings. The van der Waals surface area contributed by atoms with E-state index in [9.17, 15) is 22.8 Å². The number of hydrogen-bond acceptors (Lipinski definition) is 6. The summed E-state index contributed by atoms with van der Waals surface area (Å²) in [6, 6.07) is 4.59. The number of carbonyl (C=O) groups is 3. The zero-order valence-electron chi connectivity index (χ0n) is 20.5. The van der Waals surface area contributed by atoms with Crippen LogP contribution < -0.4 is 10.6 Å². The minimum atomic E-state index is -3.74. The predicted molar refractivity (Wildman–Crippen MR) is 126 cm³/mol. The monoisotopic (exact) mass is 483 g/mol. The largest absolute Gasteiger partial charge is 0.454 e. The molecule has 1 aromatic rings. The third kappa shape index (κ3) is 8.12. The van der Waals surface area contributed by atoms with Gasteiger partial charge in [-0.15, -0.1) is 0 Å². The highest BCUT2D eigenvalue weighted by Gasteiger charge is 2.28. The Balaban J connectivity index is 2.92. The summed E-state index contributed by atoms with van der Waals surface area (Å²) in [7, 11) is -3.74. The average Bonchev–Trinajstić information content (AvgIpc) is 2.76. The zero-order chi connectivity index (χ0) is 25.3. The van der Waals surface area contributed by atoms with E-state index in [1.807, 2.05) is 20.8 Å². The van der Waals surface area contributed by atoms with Crippen molar-refractivity contribution in [1.82, 2.24) is 14.9 Å². The number of rotatable bonds is 12. The van der Waals surface area contributed by atoms with Gasteiger partial charge in [0.1, 0.15) is 6.04 Å². The molecule has 10 heteroatoms. The minimum absolute atomic E-state index is 0.00142. The molecule has 0 heterocycles. The summed E-state index contributed by atoms with van der Waals surface area (Å²) >= 11 is 0. The van der Waals surface area contributed by atoms with E-state index in [0.717, 1.165) is 0 Å². The van der Waals surface area contributed by atoms with Gasteiger partial charge in [0.25, 0.3) is 11.8 Å². The lowest BCUT2D eigenvalue weighted by Crippen LogP contribution is -2.46. The van der Waals surface area contributed by atoms with Gasteiger partial charge in [0.15, 0.2) is 6.61 Å². The van der Waals surface area contributed by atoms with Gasteiger partial charge in [-0.1, -0.05) is 47.6 Å². The number of ether oxygens (including phenoxy) is 1. The number of hydrogen-bond donors (Lipinski definition) is 2. The third-order valence-electron chi connectivity index (χ3n) is 5.38. The van der Waals surface area contributed by atoms with E-state index in [-0.39, 0.29) is 28.3 Å². The maximum Gasteiger partial charge on any atom is 0.329 e. The Morgan fingerprint density at radius 1 is 0.970 bits per heavy atom. The van der Waals surface area contributed by atoms with E-state index in [2.05, 4.69) is 10.6 Å². The molecule has 1 aromatic carbocycles. The minimum Gasteiger partial charge on any atom is -0.454 e. The molecule has 0 saturated heterocycles. The van der Waals surface area contributed by atoms with Crippen LogP contribution in [-0.4, -0.2) is 62.3 Å². The van der Waals surface area contributed by atoms with Gasteiger partial charge in [0.2, 0.25) is 10.0 Å². The standard InChI is InChI=1S/C23H37N3O6S/c1-8-26(9-2)33(30,31)19-12-10-11-18(13-19)22(28)25-21(16(5)6)23(29)32-14-20(27)24-17(7)15(3)4/h10-13,15-17,21H,8-9,14H2,1-7H3,(H,24,27)(H,25,28)/t17?,21-/m0/s1. The molecule has 0 bridgehead atoms. The molecule has 33 heavy (non-hydrogen) atoms. The number of sulfonamides is 1. The molecule has 0 fully saturated rings. The first kappa shape index (κ1) is 28.6. The molecule has 0 saturated carbocycles. The molecule has 186 valence electrons. The number of carbonyl (C=O) groups excluding carboxylic acids is 3. The Bertz CT molecular complexity index is 926. The van der Waals surface area contributed by atoms with E-state index in [1.54, 1.807) is 27.7 Å². The second-order valence-corrected chi connectivity index (χ2v) is 10.5. The van der Waals surface area contributed by atoms with E-state index in [4.69, 9.17) is 4.74 Å². The van der Waals surface area contributed by atoms with Gasteiger partial charge in [-0.05, 0) is 37.0 Å². The van der Waals surface area contributed by atoms with E-state index in [0.29, 0.717) is 13.1 Å². The maximum absolute atomic E-state index is 12.8. The lowest BCUT2D eigenvalue weighted by Gasteiger charge is -2.22. The van der Waals surface area contributed by atoms with Crippen LogP contribution in [0.25, 0.3) is 0 Å². The molecule has 9 nitrogen and oxygen atoms in total. The van der Waals surface area contributed by atoms with Gasteiger partial charge < -0.3 is 15.4 Å². The molecule has 2 atom stereocenters. The van der Waals surface area contributed by atoms with Crippen molar-refractivity contribution in [3.63, 3.8) is 0 Å². The zero-order valence-corrected chi connectivity index (χ0v) is 21.4. The van der Waals surface area contributed by atoms with Crippen molar-refractivity contribution in [3.8, 4) is 0 Å². The van der Waals surface area contributed by atoms with Crippen molar-refractivity contribution in [2.24, 2.45) is 11.8 Å². The third-order valence-corrected chi connectivity index (χ3v) is 7.43. The first-order valence-electron chi connectivity index (χ1n) is 11.2. The molecular weight excluding hydrogens is 446 g/mol. The summed E-state index contributed by atoms with van der Waals surface area (Å²) in [5.74, 6) is -1.86. The fourth-order valence-corrected chi connectivity index (χ4v) is 4.43. The molecule has 0 aliphatic carbocycles. The maximum atomic E-state index is 12.8. The van der Waals surface area contributed by atoms with Crippen molar-refractivity contribution in [1.29, 1.82) is 0 Å². The number of amides is 2. The fraction of sp³-hybridized carbons (Fsp3) is 0.609. The van der Waals surface area contributed by atoms with Gasteiger partial charge in [-0.25, -0.2) is 13.2 Å². The van der Waals surface area contributed by atoms with Crippen molar-refractivity contribution < 1.29 is 27.5 Å². The van der Waals surface area contributed by atoms with E-state index in [1.165, 1.54) is 28.6 Å². The number of esters is 1. The predicted octanol–water partition coefficient (Wildman–Crippen LogP) is 2.18. The van der Waals surface area contributed by atoms with Crippen molar-refractivity contribution in [3.05, 3.63) is 29.8 Å². The normalized spacial score (nSPS) is 13.6. The van der Waals surface area contributed by atoms with E-state index >= 15 is 0 Å². The van der Waals surface area contributed by atoms with E-state index < -0.39 is 40.5 Å². The fourth-order valence-electron chi connectivity index (χ4n) is 2.92. The highest BCUT2D eigenvalue weighted by molar-refractivity contribution is 7.89. The molecule has 0 aliphatic heterocycles. The Kier molecular flexibility index (Phi) is 11.0. The summed E-state index contributed by atoms with van der Waals surface area (Å²) in [6.07, 6.45) is 0. The van der Waals surface area contributed by atoms with Crippen LogP contribution in [0.15, 0.2) is 29.2 Å². The van der Waals surface area contributed by atoms with Crippen LogP contribution >= 0.6 is 0 Å². The quantitative estimate of drug-likeness (QED) is 0.440. The summed E-state index contributed by atoms with van der Waals surface area (Å²) in [5, 5.41) is 5.34. The van der Waals surface area contributed by atoms with Gasteiger partial charge >= 0.3 is 5.97 Å². The summed E-state index contributed by atoms with van der Waals surface area (Å²) in [4.78, 5) is 37.3. The molecule has 0 radical (unpaired) electrons. The van der Waals surface area contributed by atoms with Crippen molar-refractivity contribution in [2.45, 2.75) is 65.4 Å². The van der Waals surface area contributed by atoms with Crippen LogP contribution in [0, 0.1) is 11.8 Å². The second-order valence-electron chi connectivity index (χ2n) is 8.52. The number of nitrogens with zero attached hydrogens (tertiary/aromatic N) is 1. The van der Waals surface area contributed by atoms with Crippen LogP contribution in [0.4, 0.5) is 0 Å². The van der Waals surface area contributed by atoms with Crippen LogP contribution in [0.2, 0.25) is 0 Å². The van der Waals surface area contributed by atoms with Gasteiger partial charge in [0, 0.05) is 24.7 Å². The lowest BCUT2D eigenvalue weighted by molar-refractivity contribution is -0.151. The number of benzene rings is 1. The highest BCUT2D eigenvalue weighted by Crippen LogP contribution is 2.17. The average molecular weight is 484 g/mol. The molecule has 0 spiro atoms. The Morgan fingerprint density at radius 3 is 2.09 bits per heavy atom. The lowest BCUT2D eigenvalue weighted by atomic mass is 10.0. The van der Waals surface area contributed by atoms with Gasteiger partial charge in [0.05, 0.1) is 4.90 Å². The Hall–Kier alpha value is -2.46. The molecule has 2 amide bonds. The van der Waals surface area contributed by atoms with Crippen LogP contribution in [0.1, 0.15) is 58.8 Å². The van der Waals surface area contributed by atoms with Crippen LogP contribution in [-0.2, 0) is 24.3 Å². The SMILES string of the molecule is CCN(CC)S(=O)(=O)c1cccc(C(=O)N[C@H](C(=O)OCC(=O)NC(C)C(C)C)C(C)C)c1. The summed E-state index contributed by atoms with van der Waals surface area (Å²) in [6.45, 7) is 12.9. The summed E-state index contributed by atoms with van der Waals surface area (Å²) < 4.78 is 31.9. The molecular formula is C23H37N3O6S. The first-order chi connectivity index (χ1) is 15.3. The molecule has 0 aromatic heterocycles. The number of nitrogens with one attached hydrogen (secondary N) is 2. The second kappa shape index (κ2) is 12.7. The Labute approximate surface area is 197 Å². The van der Waals surface area contributed by atoms with Crippen molar-refractivity contribution >= 4 is 27.8 Å². The first-order valence-corrected chi connectivity index (χ1v) is 12.7. The molecule has 2 N–H and O–H groups in total. The van der Waals surface area contributed by atoms with Gasteiger partial charge in [-0.3, -0.25) is 9.59 Å². The molecule has 1 rings (SSSR count). The summed E-state index contributed by atoms with van der Waals surface area (Å²) in [5.41, 5.74) is 0.102.